The molecule has 0 aliphatic heterocycles. The maximum absolute atomic E-state index is 5.46. The van der Waals surface area contributed by atoms with E-state index < -0.39 is 5.54 Å². The van der Waals surface area contributed by atoms with Gasteiger partial charge < -0.3 is 10.6 Å². The summed E-state index contributed by atoms with van der Waals surface area (Å²) in [5.74, 6) is 3.92. The fourth-order valence-corrected chi connectivity index (χ4v) is 1.27. The molecule has 0 amide bonds. The second-order valence-corrected chi connectivity index (χ2v) is 4.78. The quantitative estimate of drug-likeness (QED) is 0.588. The van der Waals surface area contributed by atoms with Crippen LogP contribution in [0.25, 0.3) is 0 Å². The van der Waals surface area contributed by atoms with Crippen molar-refractivity contribution in [2.75, 3.05) is 36.4 Å². The Morgan fingerprint density at radius 1 is 1.29 bits per heavy atom. The molecule has 7 nitrogen and oxygen atoms in total. The summed E-state index contributed by atoms with van der Waals surface area (Å²) >= 11 is 0. The molecule has 21 heavy (non-hydrogen) atoms. The molecule has 0 spiro atoms. The molecule has 1 rings (SSSR count). The Hall–Kier alpha value is -1.78. The first kappa shape index (κ1) is 19.2. The van der Waals surface area contributed by atoms with Gasteiger partial charge in [-0.2, -0.15) is 15.0 Å². The second-order valence-electron chi connectivity index (χ2n) is 4.78. The van der Waals surface area contributed by atoms with E-state index in [1.165, 1.54) is 5.06 Å². The van der Waals surface area contributed by atoms with Crippen LogP contribution in [0.1, 0.15) is 27.2 Å². The van der Waals surface area contributed by atoms with Crippen LogP contribution in [0.4, 0.5) is 17.8 Å². The Balaban J connectivity index is 0.00000400. The lowest BCUT2D eigenvalue weighted by Gasteiger charge is -2.21. The molecule has 0 saturated carbocycles. The minimum absolute atomic E-state index is 0. The minimum atomic E-state index is -0.549. The van der Waals surface area contributed by atoms with Crippen LogP contribution in [0.15, 0.2) is 0 Å². The van der Waals surface area contributed by atoms with Crippen molar-refractivity contribution in [2.24, 2.45) is 0 Å². The monoisotopic (exact) mass is 314 g/mol. The number of hydrogen-bond donors (Lipinski definition) is 2. The number of terminal acetylenes is 1. The fraction of sp³-hybridized carbons (Fsp3) is 0.615. The zero-order valence-corrected chi connectivity index (χ0v) is 13.9. The van der Waals surface area contributed by atoms with Crippen molar-refractivity contribution in [2.45, 2.75) is 32.7 Å². The lowest BCUT2D eigenvalue weighted by atomic mass is 10.1. The summed E-state index contributed by atoms with van der Waals surface area (Å²) in [4.78, 5) is 17.9. The largest absolute Gasteiger partial charge is 0.354 e. The van der Waals surface area contributed by atoms with E-state index >= 15 is 0 Å². The van der Waals surface area contributed by atoms with Crippen LogP contribution < -0.4 is 15.7 Å². The molecule has 8 heteroatoms. The topological polar surface area (TPSA) is 75.2 Å². The van der Waals surface area contributed by atoms with Gasteiger partial charge in [-0.1, -0.05) is 12.8 Å². The molecule has 1 aromatic heterocycles. The summed E-state index contributed by atoms with van der Waals surface area (Å²) in [6, 6.07) is 0. The summed E-state index contributed by atoms with van der Waals surface area (Å²) in [5.41, 5.74) is -0.549. The van der Waals surface area contributed by atoms with Gasteiger partial charge in [-0.15, -0.1) is 18.8 Å². The van der Waals surface area contributed by atoms with Crippen molar-refractivity contribution >= 4 is 30.3 Å². The molecule has 0 bridgehead atoms. The molecule has 1 heterocycles. The van der Waals surface area contributed by atoms with Crippen molar-refractivity contribution in [3.05, 3.63) is 0 Å². The lowest BCUT2D eigenvalue weighted by molar-refractivity contribution is 0.180. The van der Waals surface area contributed by atoms with Crippen molar-refractivity contribution in [1.82, 2.24) is 15.0 Å². The van der Waals surface area contributed by atoms with Gasteiger partial charge in [0.25, 0.3) is 5.95 Å². The number of aromatic nitrogens is 3. The number of nitrogens with one attached hydrogen (secondary N) is 2. The van der Waals surface area contributed by atoms with Gasteiger partial charge >= 0.3 is 0 Å². The van der Waals surface area contributed by atoms with Gasteiger partial charge in [0.1, 0.15) is 0 Å². The van der Waals surface area contributed by atoms with Crippen LogP contribution in [0.3, 0.4) is 0 Å². The van der Waals surface area contributed by atoms with E-state index in [1.54, 1.807) is 14.2 Å². The Kier molecular flexibility index (Phi) is 7.77. The molecule has 0 aromatic carbocycles. The third-order valence-corrected chi connectivity index (χ3v) is 2.50. The SMILES string of the molecule is C#CC(C)(C)Nc1nc(NCCC)nc(N(C)OC)n1.Cl. The van der Waals surface area contributed by atoms with Crippen molar-refractivity contribution in [1.29, 1.82) is 0 Å². The van der Waals surface area contributed by atoms with E-state index in [9.17, 15) is 0 Å². The van der Waals surface area contributed by atoms with E-state index in [1.807, 2.05) is 13.8 Å². The smallest absolute Gasteiger partial charge is 0.256 e. The zero-order valence-electron chi connectivity index (χ0n) is 13.1. The van der Waals surface area contributed by atoms with E-state index in [0.717, 1.165) is 13.0 Å². The number of hydroxylamine groups is 1. The van der Waals surface area contributed by atoms with Gasteiger partial charge in [0.15, 0.2) is 0 Å². The molecule has 0 atom stereocenters. The van der Waals surface area contributed by atoms with Gasteiger partial charge in [-0.3, -0.25) is 4.84 Å². The van der Waals surface area contributed by atoms with Crippen LogP contribution in [-0.2, 0) is 4.84 Å². The maximum Gasteiger partial charge on any atom is 0.256 e. The Morgan fingerprint density at radius 2 is 1.90 bits per heavy atom. The fourth-order valence-electron chi connectivity index (χ4n) is 1.27. The highest BCUT2D eigenvalue weighted by atomic mass is 35.5. The number of rotatable bonds is 7. The summed E-state index contributed by atoms with van der Waals surface area (Å²) in [7, 11) is 3.26. The first-order valence-electron chi connectivity index (χ1n) is 6.45. The highest BCUT2D eigenvalue weighted by molar-refractivity contribution is 5.85. The van der Waals surface area contributed by atoms with E-state index in [2.05, 4.69) is 38.4 Å². The summed E-state index contributed by atoms with van der Waals surface area (Å²) in [6.07, 6.45) is 6.43. The molecule has 0 aliphatic carbocycles. The molecule has 0 fully saturated rings. The highest BCUT2D eigenvalue weighted by Gasteiger charge is 2.17. The molecule has 0 radical (unpaired) electrons. The molecule has 118 valence electrons. The summed E-state index contributed by atoms with van der Waals surface area (Å²) < 4.78 is 0. The van der Waals surface area contributed by atoms with Gasteiger partial charge in [-0.25, -0.2) is 5.06 Å². The predicted octanol–water partition coefficient (Wildman–Crippen LogP) is 1.94. The van der Waals surface area contributed by atoms with E-state index in [-0.39, 0.29) is 12.4 Å². The van der Waals surface area contributed by atoms with E-state index in [0.29, 0.717) is 17.8 Å². The van der Waals surface area contributed by atoms with Crippen LogP contribution in [0.5, 0.6) is 0 Å². The molecule has 0 aliphatic rings. The van der Waals surface area contributed by atoms with Gasteiger partial charge in [0.05, 0.1) is 12.6 Å². The lowest BCUT2D eigenvalue weighted by Crippen LogP contribution is -2.30. The average molecular weight is 315 g/mol. The van der Waals surface area contributed by atoms with Crippen molar-refractivity contribution in [3.63, 3.8) is 0 Å². The normalized spacial score (nSPS) is 10.3. The van der Waals surface area contributed by atoms with Crippen molar-refractivity contribution in [3.8, 4) is 12.3 Å². The first-order chi connectivity index (χ1) is 9.41. The molecular weight excluding hydrogens is 292 g/mol. The highest BCUT2D eigenvalue weighted by Crippen LogP contribution is 2.16. The molecular formula is C13H23ClN6O. The number of halogens is 1. The van der Waals surface area contributed by atoms with Crippen molar-refractivity contribution < 1.29 is 4.84 Å². The zero-order chi connectivity index (χ0) is 15.2. The van der Waals surface area contributed by atoms with E-state index in [4.69, 9.17) is 11.3 Å². The molecule has 2 N–H and O–H groups in total. The first-order valence-corrected chi connectivity index (χ1v) is 6.45. The Bertz CT molecular complexity index is 488. The van der Waals surface area contributed by atoms with Gasteiger partial charge in [0, 0.05) is 13.6 Å². The number of hydrogen-bond acceptors (Lipinski definition) is 7. The summed E-state index contributed by atoms with van der Waals surface area (Å²) in [5, 5.41) is 7.66. The molecule has 0 saturated heterocycles. The average Bonchev–Trinajstić information content (AvgIpc) is 2.43. The predicted molar refractivity (Wildman–Crippen MR) is 87.8 cm³/mol. The third kappa shape index (κ3) is 6.02. The molecule has 0 unspecified atom stereocenters. The molecule has 1 aromatic rings. The van der Waals surface area contributed by atoms with Gasteiger partial charge in [0.2, 0.25) is 11.9 Å². The third-order valence-electron chi connectivity index (χ3n) is 2.50. The Labute approximate surface area is 132 Å². The number of nitrogens with zero attached hydrogens (tertiary/aromatic N) is 4. The maximum atomic E-state index is 5.46. The van der Waals surface area contributed by atoms with Crippen LogP contribution in [0.2, 0.25) is 0 Å². The number of anilines is 3. The summed E-state index contributed by atoms with van der Waals surface area (Å²) in [6.45, 7) is 6.58. The van der Waals surface area contributed by atoms with Crippen LogP contribution >= 0.6 is 12.4 Å². The Morgan fingerprint density at radius 3 is 2.43 bits per heavy atom. The van der Waals surface area contributed by atoms with Crippen LogP contribution in [-0.4, -0.2) is 41.2 Å². The second kappa shape index (κ2) is 8.49. The van der Waals surface area contributed by atoms with Gasteiger partial charge in [-0.05, 0) is 20.3 Å². The van der Waals surface area contributed by atoms with Crippen LogP contribution in [0, 0.1) is 12.3 Å². The minimum Gasteiger partial charge on any atom is -0.354 e. The standard InChI is InChI=1S/C13H22N6O.ClH/c1-7-9-14-10-15-11(18-13(3,4)8-2)17-12(16-10)19(5)20-6;/h2H,7,9H2,1,3-6H3,(H2,14,15,16,17,18);1H.